The van der Waals surface area contributed by atoms with Gasteiger partial charge in [0, 0.05) is 49.8 Å². The molecule has 0 spiro atoms. The van der Waals surface area contributed by atoms with Crippen molar-refractivity contribution in [3.63, 3.8) is 0 Å². The molecule has 8 heteroatoms. The number of halogens is 2. The molecule has 1 atom stereocenters. The largest absolute Gasteiger partial charge is 0.379 e. The third-order valence-electron chi connectivity index (χ3n) is 6.12. The molecule has 2 saturated heterocycles. The maximum absolute atomic E-state index is 6.57. The van der Waals surface area contributed by atoms with E-state index in [0.29, 0.717) is 18.6 Å². The van der Waals surface area contributed by atoms with Crippen LogP contribution in [0, 0.1) is 0 Å². The molecular formula is C23H39ClIN5O. The van der Waals surface area contributed by atoms with Crippen LogP contribution in [-0.2, 0) is 4.74 Å². The van der Waals surface area contributed by atoms with E-state index in [4.69, 9.17) is 21.3 Å². The molecule has 0 aromatic heterocycles. The van der Waals surface area contributed by atoms with Gasteiger partial charge in [-0.3, -0.25) is 9.89 Å². The molecule has 6 nitrogen and oxygen atoms in total. The molecule has 0 radical (unpaired) electrons. The van der Waals surface area contributed by atoms with Gasteiger partial charge in [-0.25, -0.2) is 0 Å². The molecule has 1 aromatic carbocycles. The number of hydrogen-bond acceptors (Lipinski definition) is 4. The second kappa shape index (κ2) is 13.8. The van der Waals surface area contributed by atoms with Gasteiger partial charge in [-0.05, 0) is 45.2 Å². The molecular weight excluding hydrogens is 525 g/mol. The fraction of sp³-hybridized carbons (Fsp3) is 0.696. The molecule has 0 saturated carbocycles. The van der Waals surface area contributed by atoms with Crippen molar-refractivity contribution >= 4 is 41.5 Å². The number of ether oxygens (including phenoxy) is 1. The van der Waals surface area contributed by atoms with E-state index in [1.807, 2.05) is 12.1 Å². The molecule has 3 rings (SSSR count). The van der Waals surface area contributed by atoms with Crippen LogP contribution in [0.25, 0.3) is 0 Å². The number of aliphatic imine (C=N–C) groups is 1. The topological polar surface area (TPSA) is 52.1 Å². The molecule has 2 aliphatic heterocycles. The van der Waals surface area contributed by atoms with Gasteiger partial charge < -0.3 is 20.3 Å². The van der Waals surface area contributed by atoms with E-state index in [-0.39, 0.29) is 30.0 Å². The zero-order valence-corrected chi connectivity index (χ0v) is 22.2. The first-order chi connectivity index (χ1) is 14.6. The maximum atomic E-state index is 6.57. The molecule has 2 aliphatic rings. The van der Waals surface area contributed by atoms with Crippen molar-refractivity contribution in [3.05, 3.63) is 34.9 Å². The summed E-state index contributed by atoms with van der Waals surface area (Å²) >= 11 is 6.57. The Morgan fingerprint density at radius 2 is 1.81 bits per heavy atom. The van der Waals surface area contributed by atoms with E-state index in [1.165, 1.54) is 0 Å². The second-order valence-corrected chi connectivity index (χ2v) is 8.86. The van der Waals surface area contributed by atoms with Gasteiger partial charge in [0.1, 0.15) is 0 Å². The Morgan fingerprint density at radius 3 is 2.42 bits per heavy atom. The third-order valence-corrected chi connectivity index (χ3v) is 6.46. The SMILES string of the molecule is CCNC(=NCC(c1ccccc1Cl)N1CCOCC1)NC1CCN(C(C)C)CC1.I. The van der Waals surface area contributed by atoms with Crippen LogP contribution >= 0.6 is 35.6 Å². The zero-order chi connectivity index (χ0) is 21.3. The smallest absolute Gasteiger partial charge is 0.191 e. The fourth-order valence-corrected chi connectivity index (χ4v) is 4.56. The van der Waals surface area contributed by atoms with Crippen LogP contribution in [0.1, 0.15) is 45.2 Å². The minimum Gasteiger partial charge on any atom is -0.379 e. The standard InChI is InChI=1S/C23H38ClN5O.HI/c1-4-25-23(27-19-9-11-28(12-10-19)18(2)3)26-17-22(29-13-15-30-16-14-29)20-7-5-6-8-21(20)24;/h5-8,18-19,22H,4,9-17H2,1-3H3,(H2,25,26,27);1H. The van der Waals surface area contributed by atoms with Crippen molar-refractivity contribution in [2.45, 2.75) is 51.7 Å². The van der Waals surface area contributed by atoms with Gasteiger partial charge in [-0.2, -0.15) is 0 Å². The van der Waals surface area contributed by atoms with Crippen molar-refractivity contribution in [1.29, 1.82) is 0 Å². The van der Waals surface area contributed by atoms with Crippen LogP contribution in [0.5, 0.6) is 0 Å². The zero-order valence-electron chi connectivity index (χ0n) is 19.1. The van der Waals surface area contributed by atoms with E-state index in [1.54, 1.807) is 0 Å². The number of rotatable bonds is 7. The van der Waals surface area contributed by atoms with Crippen LogP contribution < -0.4 is 10.6 Å². The minimum absolute atomic E-state index is 0. The van der Waals surface area contributed by atoms with E-state index >= 15 is 0 Å². The van der Waals surface area contributed by atoms with Crippen LogP contribution in [0.15, 0.2) is 29.3 Å². The molecule has 2 heterocycles. The van der Waals surface area contributed by atoms with Gasteiger partial charge in [0.2, 0.25) is 0 Å². The normalized spacial score (nSPS) is 20.4. The number of hydrogen-bond donors (Lipinski definition) is 2. The molecule has 1 unspecified atom stereocenters. The van der Waals surface area contributed by atoms with Gasteiger partial charge >= 0.3 is 0 Å². The summed E-state index contributed by atoms with van der Waals surface area (Å²) in [6.45, 7) is 13.8. The second-order valence-electron chi connectivity index (χ2n) is 8.45. The molecule has 0 amide bonds. The fourth-order valence-electron chi connectivity index (χ4n) is 4.30. The highest BCUT2D eigenvalue weighted by Crippen LogP contribution is 2.28. The van der Waals surface area contributed by atoms with Crippen molar-refractivity contribution < 1.29 is 4.74 Å². The van der Waals surface area contributed by atoms with Gasteiger partial charge in [0.15, 0.2) is 5.96 Å². The van der Waals surface area contributed by atoms with Crippen LogP contribution in [0.4, 0.5) is 0 Å². The van der Waals surface area contributed by atoms with Crippen LogP contribution in [-0.4, -0.2) is 80.3 Å². The molecule has 0 bridgehead atoms. The summed E-state index contributed by atoms with van der Waals surface area (Å²) in [5.41, 5.74) is 1.14. The Kier molecular flexibility index (Phi) is 11.9. The summed E-state index contributed by atoms with van der Waals surface area (Å²) in [6, 6.07) is 9.39. The monoisotopic (exact) mass is 563 g/mol. The van der Waals surface area contributed by atoms with E-state index in [9.17, 15) is 0 Å². The number of nitrogens with one attached hydrogen (secondary N) is 2. The first kappa shape index (κ1) is 26.6. The Labute approximate surface area is 210 Å². The third kappa shape index (κ3) is 8.03. The summed E-state index contributed by atoms with van der Waals surface area (Å²) < 4.78 is 5.57. The summed E-state index contributed by atoms with van der Waals surface area (Å²) in [5, 5.41) is 7.92. The van der Waals surface area contributed by atoms with Crippen LogP contribution in [0.2, 0.25) is 5.02 Å². The lowest BCUT2D eigenvalue weighted by Crippen LogP contribution is -2.50. The predicted molar refractivity (Wildman–Crippen MR) is 141 cm³/mol. The first-order valence-corrected chi connectivity index (χ1v) is 11.8. The molecule has 2 N–H and O–H groups in total. The van der Waals surface area contributed by atoms with Crippen molar-refractivity contribution in [1.82, 2.24) is 20.4 Å². The Hall–Kier alpha value is -0.610. The lowest BCUT2D eigenvalue weighted by atomic mass is 10.0. The van der Waals surface area contributed by atoms with Crippen molar-refractivity contribution in [3.8, 4) is 0 Å². The number of nitrogens with zero attached hydrogens (tertiary/aromatic N) is 3. The molecule has 1 aromatic rings. The average molecular weight is 564 g/mol. The number of benzene rings is 1. The minimum atomic E-state index is 0. The summed E-state index contributed by atoms with van der Waals surface area (Å²) in [4.78, 5) is 9.99. The molecule has 176 valence electrons. The molecule has 2 fully saturated rings. The average Bonchev–Trinajstić information content (AvgIpc) is 2.76. The van der Waals surface area contributed by atoms with Crippen molar-refractivity contribution in [2.75, 3.05) is 52.5 Å². The predicted octanol–water partition coefficient (Wildman–Crippen LogP) is 3.76. The number of likely N-dealkylation sites (tertiary alicyclic amines) is 1. The first-order valence-electron chi connectivity index (χ1n) is 11.4. The lowest BCUT2D eigenvalue weighted by Gasteiger charge is -2.36. The Bertz CT molecular complexity index is 676. The van der Waals surface area contributed by atoms with Gasteiger partial charge in [0.05, 0.1) is 25.8 Å². The molecule has 31 heavy (non-hydrogen) atoms. The number of guanidine groups is 1. The van der Waals surface area contributed by atoms with E-state index < -0.39 is 0 Å². The summed E-state index contributed by atoms with van der Waals surface area (Å²) in [6.07, 6.45) is 2.31. The maximum Gasteiger partial charge on any atom is 0.191 e. The quantitative estimate of drug-likeness (QED) is 0.301. The highest BCUT2D eigenvalue weighted by Gasteiger charge is 2.25. The van der Waals surface area contributed by atoms with E-state index in [2.05, 4.69) is 53.3 Å². The number of morpholine rings is 1. The Balaban J connectivity index is 0.00000341. The van der Waals surface area contributed by atoms with Gasteiger partial charge in [-0.1, -0.05) is 29.8 Å². The van der Waals surface area contributed by atoms with Gasteiger partial charge in [-0.15, -0.1) is 24.0 Å². The molecule has 0 aliphatic carbocycles. The highest BCUT2D eigenvalue weighted by molar-refractivity contribution is 14.0. The summed E-state index contributed by atoms with van der Waals surface area (Å²) in [5.74, 6) is 0.908. The van der Waals surface area contributed by atoms with Crippen LogP contribution in [0.3, 0.4) is 0 Å². The number of piperidine rings is 1. The Morgan fingerprint density at radius 1 is 1.13 bits per heavy atom. The van der Waals surface area contributed by atoms with Crippen molar-refractivity contribution in [2.24, 2.45) is 4.99 Å². The lowest BCUT2D eigenvalue weighted by molar-refractivity contribution is 0.0180. The summed E-state index contributed by atoms with van der Waals surface area (Å²) in [7, 11) is 0. The highest BCUT2D eigenvalue weighted by atomic mass is 127. The van der Waals surface area contributed by atoms with Gasteiger partial charge in [0.25, 0.3) is 0 Å². The van der Waals surface area contributed by atoms with E-state index in [0.717, 1.165) is 75.3 Å².